The Bertz CT molecular complexity index is 649. The fraction of sp³-hybridized carbons (Fsp3) is 0.778. The standard InChI is InChI=1S/C18H25N3O2/c19-8-13-2-12-3-14(12)21(13)16(22)15(20)17-4-10-1-11(5-17)7-18(23,6-10)9-17/h10-11,13,15,23H,1-2,4-9,19-20H2. The van der Waals surface area contributed by atoms with Gasteiger partial charge in [0.2, 0.25) is 5.91 Å². The molecule has 1 aliphatic heterocycles. The summed E-state index contributed by atoms with van der Waals surface area (Å²) in [5, 5.41) is 10.9. The Morgan fingerprint density at radius 3 is 2.65 bits per heavy atom. The first-order chi connectivity index (χ1) is 10.9. The predicted molar refractivity (Wildman–Crippen MR) is 84.9 cm³/mol. The highest BCUT2D eigenvalue weighted by molar-refractivity contribution is 5.87. The smallest absolute Gasteiger partial charge is 0.245 e. The quantitative estimate of drug-likeness (QED) is 0.666. The third-order valence-electron chi connectivity index (χ3n) is 7.05. The molecule has 5 nitrogen and oxygen atoms in total. The molecule has 23 heavy (non-hydrogen) atoms. The molecule has 5 fully saturated rings. The number of hydrogen-bond acceptors (Lipinski definition) is 4. The summed E-state index contributed by atoms with van der Waals surface area (Å²) in [5.41, 5.74) is 16.9. The van der Waals surface area contributed by atoms with Crippen LogP contribution in [0.15, 0.2) is 17.0 Å². The first kappa shape index (κ1) is 14.2. The highest BCUT2D eigenvalue weighted by Gasteiger charge is 2.61. The van der Waals surface area contributed by atoms with E-state index in [0.29, 0.717) is 24.8 Å². The second-order valence-corrected chi connectivity index (χ2v) is 8.78. The molecule has 0 radical (unpaired) electrons. The van der Waals surface area contributed by atoms with E-state index in [9.17, 15) is 9.90 Å². The lowest BCUT2D eigenvalue weighted by Gasteiger charge is -2.61. The number of carbonyl (C=O) groups excluding carboxylic acids is 1. The number of amides is 1. The average molecular weight is 315 g/mol. The fourth-order valence-electron chi connectivity index (χ4n) is 6.51. The molecule has 5 aliphatic carbocycles. The molecule has 0 aromatic heterocycles. The van der Waals surface area contributed by atoms with Crippen molar-refractivity contribution in [3.63, 3.8) is 0 Å². The maximum atomic E-state index is 13.2. The molecular weight excluding hydrogens is 290 g/mol. The number of nitrogens with zero attached hydrogens (tertiary/aromatic N) is 1. The molecule has 5 heteroatoms. The largest absolute Gasteiger partial charge is 0.390 e. The Balaban J connectivity index is 1.43. The first-order valence-electron chi connectivity index (χ1n) is 8.94. The lowest BCUT2D eigenvalue weighted by Crippen LogP contribution is -2.64. The Kier molecular flexibility index (Phi) is 2.65. The van der Waals surface area contributed by atoms with E-state index in [1.165, 1.54) is 6.42 Å². The summed E-state index contributed by atoms with van der Waals surface area (Å²) in [5.74, 6) is 1.08. The van der Waals surface area contributed by atoms with Gasteiger partial charge >= 0.3 is 0 Å². The zero-order valence-electron chi connectivity index (χ0n) is 13.4. The third-order valence-corrected chi connectivity index (χ3v) is 7.05. The predicted octanol–water partition coefficient (Wildman–Crippen LogP) is 0.627. The number of carbonyl (C=O) groups is 1. The van der Waals surface area contributed by atoms with Gasteiger partial charge in [0.15, 0.2) is 0 Å². The monoisotopic (exact) mass is 315 g/mol. The lowest BCUT2D eigenvalue weighted by molar-refractivity contribution is -0.176. The molecule has 5 N–H and O–H groups in total. The highest BCUT2D eigenvalue weighted by Crippen LogP contribution is 2.62. The van der Waals surface area contributed by atoms with Gasteiger partial charge in [0.05, 0.1) is 23.4 Å². The van der Waals surface area contributed by atoms with Crippen LogP contribution in [0.25, 0.3) is 0 Å². The van der Waals surface area contributed by atoms with Gasteiger partial charge in [-0.25, -0.2) is 0 Å². The summed E-state index contributed by atoms with van der Waals surface area (Å²) < 4.78 is 0. The molecule has 124 valence electrons. The van der Waals surface area contributed by atoms with Crippen molar-refractivity contribution in [3.05, 3.63) is 17.0 Å². The van der Waals surface area contributed by atoms with Crippen LogP contribution in [0.2, 0.25) is 0 Å². The lowest BCUT2D eigenvalue weighted by atomic mass is 9.46. The van der Waals surface area contributed by atoms with Crippen molar-refractivity contribution in [1.82, 2.24) is 4.90 Å². The second kappa shape index (κ2) is 4.28. The minimum Gasteiger partial charge on any atom is -0.390 e. The molecule has 0 aromatic rings. The molecule has 0 spiro atoms. The summed E-state index contributed by atoms with van der Waals surface area (Å²) in [6, 6.07) is -0.472. The van der Waals surface area contributed by atoms with Crippen molar-refractivity contribution >= 4 is 5.91 Å². The topological polar surface area (TPSA) is 92.6 Å². The van der Waals surface area contributed by atoms with Crippen LogP contribution < -0.4 is 11.5 Å². The number of aliphatic hydroxyl groups is 1. The van der Waals surface area contributed by atoms with E-state index in [1.54, 1.807) is 0 Å². The minimum absolute atomic E-state index is 0.000926. The second-order valence-electron chi connectivity index (χ2n) is 8.78. The number of fused-ring (bicyclic) bond motifs is 1. The molecule has 4 saturated carbocycles. The zero-order valence-corrected chi connectivity index (χ0v) is 13.4. The summed E-state index contributed by atoms with van der Waals surface area (Å²) in [6.45, 7) is 0.468. The van der Waals surface area contributed by atoms with Crippen molar-refractivity contribution in [2.24, 2.45) is 28.7 Å². The highest BCUT2D eigenvalue weighted by atomic mass is 16.3. The van der Waals surface area contributed by atoms with Gasteiger partial charge in [-0.3, -0.25) is 9.69 Å². The molecule has 0 aromatic carbocycles. The van der Waals surface area contributed by atoms with Gasteiger partial charge in [-0.15, -0.1) is 0 Å². The maximum Gasteiger partial charge on any atom is 0.245 e. The molecule has 4 atom stereocenters. The molecule has 4 bridgehead atoms. The molecule has 1 amide bonds. The molecular formula is C18H25N3O2. The summed E-state index contributed by atoms with van der Waals surface area (Å²) in [4.78, 5) is 15.0. The Labute approximate surface area is 136 Å². The molecule has 1 heterocycles. The van der Waals surface area contributed by atoms with Crippen LogP contribution in [0, 0.1) is 17.3 Å². The molecule has 1 saturated heterocycles. The van der Waals surface area contributed by atoms with Crippen LogP contribution in [0.1, 0.15) is 44.9 Å². The summed E-state index contributed by atoms with van der Waals surface area (Å²) in [6.07, 6.45) is 6.53. The van der Waals surface area contributed by atoms with E-state index in [-0.39, 0.29) is 17.4 Å². The van der Waals surface area contributed by atoms with Crippen molar-refractivity contribution in [2.45, 2.75) is 62.6 Å². The normalized spacial score (nSPS) is 47.3. The Morgan fingerprint density at radius 2 is 2.04 bits per heavy atom. The number of nitrogens with two attached hydrogens (primary N) is 2. The fourth-order valence-corrected chi connectivity index (χ4v) is 6.51. The van der Waals surface area contributed by atoms with Crippen molar-refractivity contribution in [2.75, 3.05) is 6.54 Å². The molecule has 6 aliphatic rings. The van der Waals surface area contributed by atoms with E-state index in [4.69, 9.17) is 11.5 Å². The zero-order chi connectivity index (χ0) is 16.0. The van der Waals surface area contributed by atoms with Crippen LogP contribution in [0.4, 0.5) is 0 Å². The van der Waals surface area contributed by atoms with E-state index < -0.39 is 11.6 Å². The summed E-state index contributed by atoms with van der Waals surface area (Å²) in [7, 11) is 0. The van der Waals surface area contributed by atoms with Gasteiger partial charge < -0.3 is 16.6 Å². The maximum absolute atomic E-state index is 13.2. The van der Waals surface area contributed by atoms with E-state index in [0.717, 1.165) is 43.4 Å². The van der Waals surface area contributed by atoms with E-state index >= 15 is 0 Å². The van der Waals surface area contributed by atoms with Crippen LogP contribution >= 0.6 is 0 Å². The molecule has 4 unspecified atom stereocenters. The number of hydrogen-bond donors (Lipinski definition) is 3. The minimum atomic E-state index is -0.581. The van der Waals surface area contributed by atoms with Crippen molar-refractivity contribution in [1.29, 1.82) is 0 Å². The van der Waals surface area contributed by atoms with Gasteiger partial charge in [0.1, 0.15) is 0 Å². The van der Waals surface area contributed by atoms with Crippen LogP contribution in [0.5, 0.6) is 0 Å². The van der Waals surface area contributed by atoms with E-state index in [2.05, 4.69) is 5.73 Å². The average Bonchev–Trinajstić information content (AvgIpc) is 3.14. The Morgan fingerprint density at radius 1 is 1.35 bits per heavy atom. The van der Waals surface area contributed by atoms with Crippen LogP contribution in [-0.2, 0) is 4.79 Å². The van der Waals surface area contributed by atoms with Crippen molar-refractivity contribution < 1.29 is 9.90 Å². The van der Waals surface area contributed by atoms with Gasteiger partial charge in [-0.2, -0.15) is 0 Å². The Hall–Kier alpha value is -1.13. The van der Waals surface area contributed by atoms with Crippen LogP contribution in [-0.4, -0.2) is 40.1 Å². The van der Waals surface area contributed by atoms with Crippen molar-refractivity contribution in [3.8, 4) is 0 Å². The van der Waals surface area contributed by atoms with E-state index in [1.807, 2.05) is 4.90 Å². The van der Waals surface area contributed by atoms with Crippen LogP contribution in [0.3, 0.4) is 0 Å². The first-order valence-corrected chi connectivity index (χ1v) is 8.94. The van der Waals surface area contributed by atoms with Gasteiger partial charge in [-0.1, -0.05) is 5.73 Å². The van der Waals surface area contributed by atoms with Gasteiger partial charge in [-0.05, 0) is 55.8 Å². The third kappa shape index (κ3) is 1.88. The molecule has 6 rings (SSSR count). The number of likely N-dealkylation sites (tertiary alicyclic amines) is 1. The van der Waals surface area contributed by atoms with Gasteiger partial charge in [0, 0.05) is 18.5 Å². The van der Waals surface area contributed by atoms with Gasteiger partial charge in [0.25, 0.3) is 0 Å². The number of rotatable bonds is 3. The summed E-state index contributed by atoms with van der Waals surface area (Å²) >= 11 is 0. The SMILES string of the molecule is NCC1CC2=C=C2N1C(=O)C(N)C12CC3CC(CC(O)(C3)C1)C2.